The van der Waals surface area contributed by atoms with Crippen molar-refractivity contribution in [2.75, 3.05) is 0 Å². The number of carbonyl (C=O) groups is 2. The molecule has 0 rings (SSSR count). The van der Waals surface area contributed by atoms with Gasteiger partial charge >= 0.3 is 5.97 Å². The molecule has 0 aromatic rings. The smallest absolute Gasteiger partial charge is 0.309 e. The van der Waals surface area contributed by atoms with E-state index >= 15 is 0 Å². The summed E-state index contributed by atoms with van der Waals surface area (Å²) >= 11 is 0. The average molecular weight is 357 g/mol. The average Bonchev–Trinajstić information content (AvgIpc) is 2.56. The molecule has 2 atom stereocenters. The summed E-state index contributed by atoms with van der Waals surface area (Å²) < 4.78 is 0. The van der Waals surface area contributed by atoms with E-state index in [4.69, 9.17) is 5.11 Å². The van der Waals surface area contributed by atoms with Crippen molar-refractivity contribution in [1.82, 2.24) is 0 Å². The van der Waals surface area contributed by atoms with Crippen LogP contribution in [0.25, 0.3) is 0 Å². The van der Waals surface area contributed by atoms with E-state index in [1.807, 2.05) is 0 Å². The molecule has 0 aromatic heterocycles. The minimum absolute atomic E-state index is 0.108. The number of allylic oxidation sites excluding steroid dienone is 1. The van der Waals surface area contributed by atoms with Crippen LogP contribution in [0, 0.1) is 5.41 Å². The number of aliphatic hydroxyl groups excluding tert-OH is 2. The van der Waals surface area contributed by atoms with E-state index in [1.165, 1.54) is 37.8 Å². The van der Waals surface area contributed by atoms with Crippen LogP contribution in [0.3, 0.4) is 0 Å². The number of carboxylic acids is 1. The number of unbranched alkanes of at least 4 members (excludes halogenated alkanes) is 6. The van der Waals surface area contributed by atoms with E-state index in [1.54, 1.807) is 13.8 Å². The van der Waals surface area contributed by atoms with Crippen LogP contribution in [0.4, 0.5) is 0 Å². The number of aliphatic carboxylic acids is 1. The van der Waals surface area contributed by atoms with Gasteiger partial charge in [0.1, 0.15) is 0 Å². The first-order chi connectivity index (χ1) is 11.7. The van der Waals surface area contributed by atoms with Crippen molar-refractivity contribution >= 4 is 11.8 Å². The van der Waals surface area contributed by atoms with Crippen LogP contribution in [0.15, 0.2) is 12.2 Å². The molecule has 5 nitrogen and oxygen atoms in total. The lowest BCUT2D eigenvalue weighted by atomic mass is 9.87. The molecule has 0 radical (unpaired) electrons. The lowest BCUT2D eigenvalue weighted by Crippen LogP contribution is -2.25. The van der Waals surface area contributed by atoms with Crippen molar-refractivity contribution in [3.8, 4) is 0 Å². The van der Waals surface area contributed by atoms with Gasteiger partial charge in [-0.2, -0.15) is 0 Å². The highest BCUT2D eigenvalue weighted by Gasteiger charge is 2.27. The van der Waals surface area contributed by atoms with Gasteiger partial charge in [0, 0.05) is 6.42 Å². The molecule has 0 bridgehead atoms. The number of carboxylic acid groups (broad SMARTS) is 1. The Morgan fingerprint density at radius 2 is 1.56 bits per heavy atom. The molecule has 5 heteroatoms. The molecule has 25 heavy (non-hydrogen) atoms. The van der Waals surface area contributed by atoms with Crippen molar-refractivity contribution in [2.24, 2.45) is 5.41 Å². The first-order valence-corrected chi connectivity index (χ1v) is 9.51. The Balaban J connectivity index is 3.97. The molecule has 0 aromatic carbocycles. The predicted octanol–water partition coefficient (Wildman–Crippen LogP) is 3.87. The maximum Gasteiger partial charge on any atom is 0.309 e. The van der Waals surface area contributed by atoms with Crippen LogP contribution < -0.4 is 0 Å². The van der Waals surface area contributed by atoms with Crippen LogP contribution in [-0.4, -0.2) is 39.3 Å². The fourth-order valence-corrected chi connectivity index (χ4v) is 2.44. The van der Waals surface area contributed by atoms with Crippen LogP contribution in [0.1, 0.15) is 85.0 Å². The molecular weight excluding hydrogens is 320 g/mol. The number of hydrogen-bond donors (Lipinski definition) is 3. The molecule has 0 amide bonds. The second kappa shape index (κ2) is 13.1. The zero-order valence-corrected chi connectivity index (χ0v) is 16.0. The molecule has 0 fully saturated rings. The van der Waals surface area contributed by atoms with Gasteiger partial charge in [-0.3, -0.25) is 9.59 Å². The summed E-state index contributed by atoms with van der Waals surface area (Å²) in [7, 11) is 0. The molecule has 2 unspecified atom stereocenters. The van der Waals surface area contributed by atoms with Crippen molar-refractivity contribution in [1.29, 1.82) is 0 Å². The van der Waals surface area contributed by atoms with E-state index in [0.29, 0.717) is 6.42 Å². The van der Waals surface area contributed by atoms with Gasteiger partial charge in [0.25, 0.3) is 0 Å². The fraction of sp³-hybridized carbons (Fsp3) is 0.800. The second-order valence-electron chi connectivity index (χ2n) is 7.48. The van der Waals surface area contributed by atoms with Gasteiger partial charge in [0.15, 0.2) is 5.78 Å². The molecule has 0 spiro atoms. The third-order valence-corrected chi connectivity index (χ3v) is 4.55. The fourth-order valence-electron chi connectivity index (χ4n) is 2.44. The highest BCUT2D eigenvalue weighted by atomic mass is 16.4. The Kier molecular flexibility index (Phi) is 12.4. The summed E-state index contributed by atoms with van der Waals surface area (Å²) in [6, 6.07) is 0. The Morgan fingerprint density at radius 1 is 1.00 bits per heavy atom. The Morgan fingerprint density at radius 3 is 2.12 bits per heavy atom. The quantitative estimate of drug-likeness (QED) is 0.306. The summed E-state index contributed by atoms with van der Waals surface area (Å²) in [6.45, 7) is 5.34. The second-order valence-corrected chi connectivity index (χ2v) is 7.48. The molecule has 0 aliphatic carbocycles. The molecule has 3 N–H and O–H groups in total. The highest BCUT2D eigenvalue weighted by molar-refractivity contribution is 5.90. The van der Waals surface area contributed by atoms with E-state index in [9.17, 15) is 19.8 Å². The maximum absolute atomic E-state index is 11.8. The lowest BCUT2D eigenvalue weighted by Gasteiger charge is -2.17. The number of aliphatic hydroxyl groups is 2. The lowest BCUT2D eigenvalue weighted by molar-refractivity contribution is -0.147. The minimum atomic E-state index is -1.06. The van der Waals surface area contributed by atoms with Crippen molar-refractivity contribution in [2.45, 2.75) is 97.2 Å². The van der Waals surface area contributed by atoms with Gasteiger partial charge in [-0.1, -0.05) is 57.9 Å². The summed E-state index contributed by atoms with van der Waals surface area (Å²) in [5.74, 6) is -1.18. The van der Waals surface area contributed by atoms with E-state index in [-0.39, 0.29) is 18.6 Å². The Labute approximate surface area is 152 Å². The van der Waals surface area contributed by atoms with Crippen LogP contribution in [0.2, 0.25) is 0 Å². The molecular formula is C20H36O5. The molecule has 0 saturated heterocycles. The molecule has 0 heterocycles. The first kappa shape index (κ1) is 23.8. The number of hydrogen-bond acceptors (Lipinski definition) is 4. The van der Waals surface area contributed by atoms with Crippen molar-refractivity contribution in [3.63, 3.8) is 0 Å². The molecule has 0 aliphatic heterocycles. The summed E-state index contributed by atoms with van der Waals surface area (Å²) in [6.07, 6.45) is 9.51. The zero-order chi connectivity index (χ0) is 19.3. The molecule has 0 aliphatic rings. The van der Waals surface area contributed by atoms with Gasteiger partial charge in [-0.15, -0.1) is 0 Å². The van der Waals surface area contributed by atoms with Crippen molar-refractivity contribution in [3.05, 3.63) is 12.2 Å². The third-order valence-electron chi connectivity index (χ3n) is 4.55. The molecule has 0 saturated carbocycles. The predicted molar refractivity (Wildman–Crippen MR) is 99.4 cm³/mol. The van der Waals surface area contributed by atoms with Gasteiger partial charge < -0.3 is 15.3 Å². The Hall–Kier alpha value is -1.20. The third kappa shape index (κ3) is 11.9. The van der Waals surface area contributed by atoms with Gasteiger partial charge in [-0.05, 0) is 32.8 Å². The van der Waals surface area contributed by atoms with Gasteiger partial charge in [-0.25, -0.2) is 0 Å². The van der Waals surface area contributed by atoms with E-state index in [0.717, 1.165) is 19.3 Å². The topological polar surface area (TPSA) is 94.8 Å². The summed E-state index contributed by atoms with van der Waals surface area (Å²) in [4.78, 5) is 22.7. The van der Waals surface area contributed by atoms with Crippen molar-refractivity contribution < 1.29 is 24.9 Å². The zero-order valence-electron chi connectivity index (χ0n) is 16.0. The number of carbonyl (C=O) groups excluding carboxylic acids is 1. The largest absolute Gasteiger partial charge is 0.481 e. The molecule has 146 valence electrons. The van der Waals surface area contributed by atoms with Gasteiger partial charge in [0.05, 0.1) is 17.6 Å². The first-order valence-electron chi connectivity index (χ1n) is 9.51. The monoisotopic (exact) mass is 356 g/mol. The number of ketones is 1. The van der Waals surface area contributed by atoms with E-state index in [2.05, 4.69) is 6.92 Å². The van der Waals surface area contributed by atoms with Gasteiger partial charge in [0.2, 0.25) is 0 Å². The van der Waals surface area contributed by atoms with E-state index < -0.39 is 23.6 Å². The summed E-state index contributed by atoms with van der Waals surface area (Å²) in [5, 5.41) is 28.8. The Bertz CT molecular complexity index is 414. The van der Waals surface area contributed by atoms with Crippen LogP contribution in [-0.2, 0) is 9.59 Å². The summed E-state index contributed by atoms with van der Waals surface area (Å²) in [5.41, 5.74) is -0.946. The number of rotatable bonds is 15. The van der Waals surface area contributed by atoms with Crippen LogP contribution in [0.5, 0.6) is 0 Å². The normalized spacial score (nSPS) is 14.6. The highest BCUT2D eigenvalue weighted by Crippen LogP contribution is 2.22. The van der Waals surface area contributed by atoms with Crippen LogP contribution >= 0.6 is 0 Å². The SMILES string of the molecule is CCCCCCCCCC(O)C(O)/C=C/C(=O)CCC(C)(C)C(=O)O. The standard InChI is InChI=1S/C20H36O5/c1-4-5-6-7-8-9-10-11-17(22)18(23)13-12-16(21)14-15-20(2,3)19(24)25/h12-13,17-18,22-23H,4-11,14-15H2,1-3H3,(H,24,25)/b13-12+. The minimum Gasteiger partial charge on any atom is -0.481 e. The maximum atomic E-state index is 11.8.